The molecule has 3 aromatic heterocycles. The van der Waals surface area contributed by atoms with Crippen molar-refractivity contribution in [3.8, 4) is 0 Å². The minimum Gasteiger partial charge on any atom is -0.349 e. The molecule has 1 aliphatic carbocycles. The number of carbonyl (C=O) groups is 1. The molecular formula is C18H20F2N6OS. The molecule has 10 heteroatoms. The van der Waals surface area contributed by atoms with Crippen molar-refractivity contribution in [1.82, 2.24) is 14.6 Å². The van der Waals surface area contributed by atoms with Gasteiger partial charge in [-0.2, -0.15) is 0 Å². The highest BCUT2D eigenvalue weighted by Crippen LogP contribution is 2.31. The summed E-state index contributed by atoms with van der Waals surface area (Å²) in [5, 5.41) is 13.0. The second-order valence-electron chi connectivity index (χ2n) is 6.83. The van der Waals surface area contributed by atoms with Crippen LogP contribution in [0.1, 0.15) is 48.2 Å². The molecule has 4 rings (SSSR count). The van der Waals surface area contributed by atoms with Gasteiger partial charge in [-0.25, -0.2) is 18.3 Å². The van der Waals surface area contributed by atoms with Crippen LogP contribution in [-0.2, 0) is 0 Å². The van der Waals surface area contributed by atoms with Gasteiger partial charge in [0.2, 0.25) is 5.95 Å². The first-order chi connectivity index (χ1) is 13.5. The number of amides is 1. The third kappa shape index (κ3) is 3.69. The van der Waals surface area contributed by atoms with E-state index in [2.05, 4.69) is 20.7 Å². The predicted octanol–water partition coefficient (Wildman–Crippen LogP) is 3.66. The molecule has 0 aliphatic heterocycles. The lowest BCUT2D eigenvalue weighted by Crippen LogP contribution is -2.43. The third-order valence-electron chi connectivity index (χ3n) is 4.94. The molecule has 0 bridgehead atoms. The van der Waals surface area contributed by atoms with Crippen molar-refractivity contribution in [2.45, 2.75) is 44.2 Å². The lowest BCUT2D eigenvalue weighted by molar-refractivity contribution is 0.102. The Morgan fingerprint density at radius 2 is 2.11 bits per heavy atom. The first-order valence-corrected chi connectivity index (χ1v) is 9.99. The van der Waals surface area contributed by atoms with Gasteiger partial charge in [0, 0.05) is 22.8 Å². The molecule has 0 radical (unpaired) electrons. The van der Waals surface area contributed by atoms with Crippen LogP contribution in [0.3, 0.4) is 0 Å². The van der Waals surface area contributed by atoms with E-state index in [0.717, 1.165) is 37.0 Å². The van der Waals surface area contributed by atoms with Gasteiger partial charge in [-0.15, -0.1) is 16.4 Å². The van der Waals surface area contributed by atoms with Gasteiger partial charge >= 0.3 is 0 Å². The Morgan fingerprint density at radius 3 is 2.89 bits per heavy atom. The maximum absolute atomic E-state index is 13.0. The van der Waals surface area contributed by atoms with Crippen LogP contribution in [0.5, 0.6) is 0 Å². The van der Waals surface area contributed by atoms with E-state index in [9.17, 15) is 13.6 Å². The van der Waals surface area contributed by atoms with E-state index in [1.54, 1.807) is 18.3 Å². The molecule has 7 nitrogen and oxygen atoms in total. The minimum absolute atomic E-state index is 0.0341. The van der Waals surface area contributed by atoms with Crippen molar-refractivity contribution < 1.29 is 13.6 Å². The lowest BCUT2D eigenvalue weighted by atomic mass is 9.91. The highest BCUT2D eigenvalue weighted by Gasteiger charge is 2.23. The highest BCUT2D eigenvalue weighted by molar-refractivity contribution is 7.08. The summed E-state index contributed by atoms with van der Waals surface area (Å²) in [5.41, 5.74) is 6.95. The molecule has 1 saturated carbocycles. The number of hydrogen-bond acceptors (Lipinski definition) is 6. The van der Waals surface area contributed by atoms with E-state index in [1.165, 1.54) is 15.3 Å². The molecule has 28 heavy (non-hydrogen) atoms. The maximum atomic E-state index is 13.0. The Labute approximate surface area is 164 Å². The molecule has 3 aromatic rings. The second kappa shape index (κ2) is 7.80. The topological polar surface area (TPSA) is 97.3 Å². The number of nitrogens with zero attached hydrogens (tertiary/aromatic N) is 3. The first-order valence-electron chi connectivity index (χ1n) is 9.05. The number of nitrogens with two attached hydrogens (primary N) is 1. The Hall–Kier alpha value is -2.59. The summed E-state index contributed by atoms with van der Waals surface area (Å²) in [4.78, 5) is 16.9. The molecule has 4 N–H and O–H groups in total. The van der Waals surface area contributed by atoms with Crippen LogP contribution >= 0.6 is 11.3 Å². The molecule has 0 aromatic carbocycles. The van der Waals surface area contributed by atoms with Crippen LogP contribution in [0.15, 0.2) is 29.1 Å². The largest absolute Gasteiger partial charge is 0.349 e. The van der Waals surface area contributed by atoms with Crippen LogP contribution < -0.4 is 16.4 Å². The Bertz CT molecular complexity index is 988. The third-order valence-corrected chi connectivity index (χ3v) is 5.70. The maximum Gasteiger partial charge on any atom is 0.274 e. The molecule has 2 atom stereocenters. The van der Waals surface area contributed by atoms with Crippen LogP contribution in [-0.4, -0.2) is 32.6 Å². The molecule has 1 aliphatic rings. The number of nitrogens with one attached hydrogen (secondary N) is 2. The van der Waals surface area contributed by atoms with Gasteiger partial charge in [-0.05, 0) is 25.0 Å². The summed E-state index contributed by atoms with van der Waals surface area (Å²) < 4.78 is 27.5. The van der Waals surface area contributed by atoms with Gasteiger partial charge in [0.25, 0.3) is 12.3 Å². The number of fused-ring (bicyclic) bond motifs is 1. The molecule has 1 amide bonds. The molecule has 0 saturated heterocycles. The summed E-state index contributed by atoms with van der Waals surface area (Å²) in [6, 6.07) is 3.40. The monoisotopic (exact) mass is 406 g/mol. The number of anilines is 2. The van der Waals surface area contributed by atoms with Gasteiger partial charge < -0.3 is 16.4 Å². The molecule has 148 valence electrons. The fourth-order valence-electron chi connectivity index (χ4n) is 3.41. The van der Waals surface area contributed by atoms with E-state index in [4.69, 9.17) is 5.73 Å². The number of halogens is 2. The fraction of sp³-hybridized carbons (Fsp3) is 0.389. The van der Waals surface area contributed by atoms with E-state index < -0.39 is 12.3 Å². The van der Waals surface area contributed by atoms with E-state index in [-0.39, 0.29) is 29.0 Å². The van der Waals surface area contributed by atoms with Crippen molar-refractivity contribution >= 4 is 34.4 Å². The average Bonchev–Trinajstić information content (AvgIpc) is 3.30. The molecular weight excluding hydrogens is 386 g/mol. The lowest BCUT2D eigenvalue weighted by Gasteiger charge is -2.29. The summed E-state index contributed by atoms with van der Waals surface area (Å²) >= 11 is 1.11. The SMILES string of the molecule is N[C@H]1CCCC[C@H]1Nc1ncc2ccc(C(=O)Nc3cscc3C(F)F)n2n1. The van der Waals surface area contributed by atoms with Crippen molar-refractivity contribution in [2.75, 3.05) is 10.6 Å². The number of aromatic nitrogens is 3. The molecule has 0 spiro atoms. The highest BCUT2D eigenvalue weighted by atomic mass is 32.1. The summed E-state index contributed by atoms with van der Waals surface area (Å²) in [7, 11) is 0. The standard InChI is InChI=1S/C18H20F2N6OS/c19-16(20)11-8-28-9-14(11)23-17(27)15-6-5-10-7-22-18(25-26(10)15)24-13-4-2-1-3-12(13)21/h5-9,12-13,16H,1-4,21H2,(H,23,27)(H,24,25)/t12-,13+/m0/s1. The molecule has 3 heterocycles. The first kappa shape index (κ1) is 18.8. The number of alkyl halides is 2. The quantitative estimate of drug-likeness (QED) is 0.601. The van der Waals surface area contributed by atoms with Gasteiger partial charge in [0.05, 0.1) is 23.0 Å². The van der Waals surface area contributed by atoms with Gasteiger partial charge in [0.15, 0.2) is 0 Å². The zero-order valence-electron chi connectivity index (χ0n) is 14.9. The Kier molecular flexibility index (Phi) is 5.23. The zero-order chi connectivity index (χ0) is 19.7. The predicted molar refractivity (Wildman–Crippen MR) is 104 cm³/mol. The van der Waals surface area contributed by atoms with Gasteiger partial charge in [-0.3, -0.25) is 4.79 Å². The average molecular weight is 406 g/mol. The Balaban J connectivity index is 1.57. The second-order valence-corrected chi connectivity index (χ2v) is 7.58. The zero-order valence-corrected chi connectivity index (χ0v) is 15.8. The van der Waals surface area contributed by atoms with Crippen molar-refractivity contribution in [2.24, 2.45) is 5.73 Å². The van der Waals surface area contributed by atoms with Crippen molar-refractivity contribution in [1.29, 1.82) is 0 Å². The van der Waals surface area contributed by atoms with Crippen molar-refractivity contribution in [3.05, 3.63) is 40.3 Å². The number of thiophene rings is 1. The summed E-state index contributed by atoms with van der Waals surface area (Å²) in [5.74, 6) is -0.136. The molecule has 0 unspecified atom stereocenters. The van der Waals surface area contributed by atoms with Crippen LogP contribution in [0.4, 0.5) is 20.4 Å². The normalized spacial score (nSPS) is 19.9. The smallest absolute Gasteiger partial charge is 0.274 e. The number of rotatable bonds is 5. The van der Waals surface area contributed by atoms with Crippen molar-refractivity contribution in [3.63, 3.8) is 0 Å². The fourth-order valence-corrected chi connectivity index (χ4v) is 4.18. The van der Waals surface area contributed by atoms with Crippen LogP contribution in [0.2, 0.25) is 0 Å². The summed E-state index contributed by atoms with van der Waals surface area (Å²) in [6.07, 6.45) is 3.06. The Morgan fingerprint density at radius 1 is 1.29 bits per heavy atom. The molecule has 1 fully saturated rings. The van der Waals surface area contributed by atoms with E-state index in [1.807, 2.05) is 0 Å². The summed E-state index contributed by atoms with van der Waals surface area (Å²) in [6.45, 7) is 0. The van der Waals surface area contributed by atoms with E-state index in [0.29, 0.717) is 11.5 Å². The van der Waals surface area contributed by atoms with Gasteiger partial charge in [0.1, 0.15) is 5.69 Å². The minimum atomic E-state index is -2.65. The van der Waals surface area contributed by atoms with Gasteiger partial charge in [-0.1, -0.05) is 12.8 Å². The van der Waals surface area contributed by atoms with Crippen LogP contribution in [0, 0.1) is 0 Å². The number of carbonyl (C=O) groups excluding carboxylic acids is 1. The number of hydrogen-bond donors (Lipinski definition) is 3. The van der Waals surface area contributed by atoms with E-state index >= 15 is 0 Å². The van der Waals surface area contributed by atoms with Crippen LogP contribution in [0.25, 0.3) is 5.52 Å².